The van der Waals surface area contributed by atoms with E-state index in [9.17, 15) is 4.39 Å². The molecular formula is C10H12FN5. The van der Waals surface area contributed by atoms with E-state index in [2.05, 4.69) is 20.4 Å². The molecule has 0 spiro atoms. The molecule has 0 fully saturated rings. The number of anilines is 1. The van der Waals surface area contributed by atoms with Crippen LogP contribution in [0.4, 0.5) is 10.3 Å². The molecule has 0 aromatic carbocycles. The van der Waals surface area contributed by atoms with Crippen LogP contribution in [0.1, 0.15) is 5.56 Å². The number of aryl methyl sites for hydroxylation is 1. The monoisotopic (exact) mass is 221 g/mol. The molecule has 1 N–H and O–H groups in total. The van der Waals surface area contributed by atoms with Crippen LogP contribution in [0.15, 0.2) is 24.8 Å². The maximum absolute atomic E-state index is 12.5. The Balaban J connectivity index is 1.82. The molecule has 0 aliphatic heterocycles. The molecule has 6 heteroatoms. The average molecular weight is 221 g/mol. The van der Waals surface area contributed by atoms with Crippen molar-refractivity contribution in [3.63, 3.8) is 0 Å². The van der Waals surface area contributed by atoms with Crippen LogP contribution in [-0.2, 0) is 13.5 Å². The number of hydrogen-bond acceptors (Lipinski definition) is 4. The van der Waals surface area contributed by atoms with E-state index < -0.39 is 5.82 Å². The van der Waals surface area contributed by atoms with Gasteiger partial charge in [-0.2, -0.15) is 5.10 Å². The van der Waals surface area contributed by atoms with Gasteiger partial charge in [-0.1, -0.05) is 0 Å². The van der Waals surface area contributed by atoms with Crippen LogP contribution in [0.5, 0.6) is 0 Å². The first-order valence-electron chi connectivity index (χ1n) is 4.93. The number of hydrogen-bond donors (Lipinski definition) is 1. The van der Waals surface area contributed by atoms with E-state index in [1.54, 1.807) is 4.68 Å². The number of aromatic nitrogens is 4. The van der Waals surface area contributed by atoms with Gasteiger partial charge in [0.1, 0.15) is 0 Å². The van der Waals surface area contributed by atoms with Crippen molar-refractivity contribution in [1.29, 1.82) is 0 Å². The molecule has 0 bridgehead atoms. The van der Waals surface area contributed by atoms with Gasteiger partial charge in [0.25, 0.3) is 0 Å². The van der Waals surface area contributed by atoms with Crippen molar-refractivity contribution < 1.29 is 4.39 Å². The zero-order chi connectivity index (χ0) is 11.4. The van der Waals surface area contributed by atoms with Crippen molar-refractivity contribution in [3.8, 4) is 0 Å². The van der Waals surface area contributed by atoms with Crippen molar-refractivity contribution in [2.45, 2.75) is 6.42 Å². The molecule has 2 rings (SSSR count). The molecule has 16 heavy (non-hydrogen) atoms. The first-order chi connectivity index (χ1) is 7.74. The summed E-state index contributed by atoms with van der Waals surface area (Å²) in [6.07, 6.45) is 6.87. The van der Waals surface area contributed by atoms with Crippen molar-refractivity contribution in [1.82, 2.24) is 19.7 Å². The molecule has 0 amide bonds. The Bertz CT molecular complexity index is 450. The Morgan fingerprint density at radius 1 is 1.31 bits per heavy atom. The highest BCUT2D eigenvalue weighted by Crippen LogP contribution is 2.00. The summed E-state index contributed by atoms with van der Waals surface area (Å²) < 4.78 is 14.3. The Labute approximate surface area is 92.3 Å². The molecule has 84 valence electrons. The van der Waals surface area contributed by atoms with Crippen LogP contribution < -0.4 is 5.32 Å². The van der Waals surface area contributed by atoms with Crippen LogP contribution in [0.3, 0.4) is 0 Å². The fourth-order valence-corrected chi connectivity index (χ4v) is 1.32. The minimum Gasteiger partial charge on any atom is -0.354 e. The Morgan fingerprint density at radius 2 is 2.06 bits per heavy atom. The molecule has 2 aromatic rings. The number of halogens is 1. The highest BCUT2D eigenvalue weighted by Gasteiger charge is 1.98. The molecule has 5 nitrogen and oxygen atoms in total. The second-order valence-electron chi connectivity index (χ2n) is 3.42. The van der Waals surface area contributed by atoms with Crippen molar-refractivity contribution in [2.24, 2.45) is 7.05 Å². The highest BCUT2D eigenvalue weighted by molar-refractivity contribution is 5.23. The second-order valence-corrected chi connectivity index (χ2v) is 3.42. The van der Waals surface area contributed by atoms with Crippen molar-refractivity contribution >= 4 is 5.95 Å². The van der Waals surface area contributed by atoms with Gasteiger partial charge < -0.3 is 5.32 Å². The smallest absolute Gasteiger partial charge is 0.222 e. The van der Waals surface area contributed by atoms with Crippen LogP contribution in [0.25, 0.3) is 0 Å². The average Bonchev–Trinajstić information content (AvgIpc) is 2.67. The summed E-state index contributed by atoms with van der Waals surface area (Å²) in [6.45, 7) is 0.692. The minimum absolute atomic E-state index is 0.433. The zero-order valence-electron chi connectivity index (χ0n) is 8.89. The zero-order valence-corrected chi connectivity index (χ0v) is 8.89. The van der Waals surface area contributed by atoms with Gasteiger partial charge in [0, 0.05) is 19.8 Å². The fourth-order valence-electron chi connectivity index (χ4n) is 1.32. The van der Waals surface area contributed by atoms with Crippen LogP contribution in [0.2, 0.25) is 0 Å². The lowest BCUT2D eigenvalue weighted by Crippen LogP contribution is -2.07. The summed E-state index contributed by atoms with van der Waals surface area (Å²) in [5, 5.41) is 7.07. The molecule has 0 radical (unpaired) electrons. The molecule has 0 saturated carbocycles. The fraction of sp³-hybridized carbons (Fsp3) is 0.300. The summed E-state index contributed by atoms with van der Waals surface area (Å²) in [6, 6.07) is 0. The molecule has 2 aromatic heterocycles. The first-order valence-corrected chi connectivity index (χ1v) is 4.93. The molecule has 0 aliphatic carbocycles. The summed E-state index contributed by atoms with van der Waals surface area (Å²) in [4.78, 5) is 7.59. The lowest BCUT2D eigenvalue weighted by molar-refractivity contribution is 0.614. The summed E-state index contributed by atoms with van der Waals surface area (Å²) in [5.41, 5.74) is 1.14. The second kappa shape index (κ2) is 4.69. The van der Waals surface area contributed by atoms with E-state index in [4.69, 9.17) is 0 Å². The lowest BCUT2D eigenvalue weighted by atomic mass is 10.2. The van der Waals surface area contributed by atoms with Gasteiger partial charge >= 0.3 is 0 Å². The topological polar surface area (TPSA) is 55.6 Å². The van der Waals surface area contributed by atoms with Gasteiger partial charge in [-0.3, -0.25) is 4.68 Å². The van der Waals surface area contributed by atoms with Gasteiger partial charge in [-0.05, 0) is 12.0 Å². The van der Waals surface area contributed by atoms with Gasteiger partial charge in [0.15, 0.2) is 5.82 Å². The lowest BCUT2D eigenvalue weighted by Gasteiger charge is -2.02. The maximum atomic E-state index is 12.5. The van der Waals surface area contributed by atoms with E-state index >= 15 is 0 Å². The van der Waals surface area contributed by atoms with Crippen LogP contribution in [-0.4, -0.2) is 26.3 Å². The summed E-state index contributed by atoms with van der Waals surface area (Å²) in [7, 11) is 1.88. The third-order valence-corrected chi connectivity index (χ3v) is 2.08. The maximum Gasteiger partial charge on any atom is 0.222 e. The quantitative estimate of drug-likeness (QED) is 0.837. The normalized spacial score (nSPS) is 10.4. The van der Waals surface area contributed by atoms with E-state index in [0.717, 1.165) is 24.4 Å². The van der Waals surface area contributed by atoms with Gasteiger partial charge in [0.05, 0.1) is 18.6 Å². The third-order valence-electron chi connectivity index (χ3n) is 2.08. The van der Waals surface area contributed by atoms with Gasteiger partial charge in [-0.25, -0.2) is 14.4 Å². The Kier molecular flexibility index (Phi) is 3.09. The Hall–Kier alpha value is -1.98. The van der Waals surface area contributed by atoms with Crippen LogP contribution in [0, 0.1) is 5.82 Å². The Morgan fingerprint density at radius 3 is 2.69 bits per heavy atom. The predicted octanol–water partition coefficient (Wildman–Crippen LogP) is 1.00. The molecular weight excluding hydrogens is 209 g/mol. The third kappa shape index (κ3) is 2.75. The minimum atomic E-state index is -0.433. The van der Waals surface area contributed by atoms with Crippen LogP contribution >= 0.6 is 0 Å². The first kappa shape index (κ1) is 10.5. The van der Waals surface area contributed by atoms with Crippen molar-refractivity contribution in [3.05, 3.63) is 36.2 Å². The van der Waals surface area contributed by atoms with E-state index in [1.807, 2.05) is 19.4 Å². The van der Waals surface area contributed by atoms with E-state index in [0.29, 0.717) is 12.5 Å². The molecule has 0 atom stereocenters. The van der Waals surface area contributed by atoms with Gasteiger partial charge in [-0.15, -0.1) is 0 Å². The predicted molar refractivity (Wildman–Crippen MR) is 57.4 cm³/mol. The summed E-state index contributed by atoms with van der Waals surface area (Å²) in [5.74, 6) is 0.00287. The van der Waals surface area contributed by atoms with E-state index in [1.165, 1.54) is 0 Å². The molecule has 0 unspecified atom stereocenters. The largest absolute Gasteiger partial charge is 0.354 e. The van der Waals surface area contributed by atoms with Crippen molar-refractivity contribution in [2.75, 3.05) is 11.9 Å². The SMILES string of the molecule is Cn1cc(CCNc2ncc(F)cn2)cn1. The number of rotatable bonds is 4. The number of nitrogens with zero attached hydrogens (tertiary/aromatic N) is 4. The van der Waals surface area contributed by atoms with E-state index in [-0.39, 0.29) is 0 Å². The summed E-state index contributed by atoms with van der Waals surface area (Å²) >= 11 is 0. The molecule has 0 saturated heterocycles. The molecule has 2 heterocycles. The highest BCUT2D eigenvalue weighted by atomic mass is 19.1. The van der Waals surface area contributed by atoms with Gasteiger partial charge in [0.2, 0.25) is 5.95 Å². The standard InChI is InChI=1S/C10H12FN5/c1-16-7-8(4-15-16)2-3-12-10-13-5-9(11)6-14-10/h4-7H,2-3H2,1H3,(H,12,13,14). The molecule has 0 aliphatic rings. The number of nitrogens with one attached hydrogen (secondary N) is 1.